The fourth-order valence-corrected chi connectivity index (χ4v) is 3.37. The lowest BCUT2D eigenvalue weighted by Gasteiger charge is -2.23. The van der Waals surface area contributed by atoms with Crippen LogP contribution in [-0.4, -0.2) is 33.3 Å². The van der Waals surface area contributed by atoms with Crippen LogP contribution in [0.4, 0.5) is 0 Å². The molecule has 1 aliphatic rings. The Kier molecular flexibility index (Phi) is 5.86. The summed E-state index contributed by atoms with van der Waals surface area (Å²) in [7, 11) is 0. The molecule has 0 bridgehead atoms. The van der Waals surface area contributed by atoms with Gasteiger partial charge in [0.1, 0.15) is 11.6 Å². The predicted molar refractivity (Wildman–Crippen MR) is 98.4 cm³/mol. The van der Waals surface area contributed by atoms with Crippen molar-refractivity contribution in [3.8, 4) is 5.75 Å². The summed E-state index contributed by atoms with van der Waals surface area (Å²) in [4.78, 5) is 12.2. The van der Waals surface area contributed by atoms with E-state index in [-0.39, 0.29) is 5.91 Å². The summed E-state index contributed by atoms with van der Waals surface area (Å²) >= 11 is 5.15. The number of aryl methyl sites for hydroxylation is 1. The molecule has 1 fully saturated rings. The van der Waals surface area contributed by atoms with Crippen LogP contribution in [0.3, 0.4) is 0 Å². The van der Waals surface area contributed by atoms with Gasteiger partial charge in [-0.2, -0.15) is 5.10 Å². The van der Waals surface area contributed by atoms with Gasteiger partial charge in [0.05, 0.1) is 6.10 Å². The quantitative estimate of drug-likeness (QED) is 0.775. The molecule has 0 atom stereocenters. The van der Waals surface area contributed by atoms with Gasteiger partial charge in [-0.15, -0.1) is 0 Å². The number of H-pyrrole nitrogens is 1. The van der Waals surface area contributed by atoms with Gasteiger partial charge in [0.25, 0.3) is 5.91 Å². The number of hydrogen-bond donors (Lipinski definition) is 2. The number of amides is 1. The molecule has 1 aromatic heterocycles. The third-order valence-electron chi connectivity index (χ3n) is 4.54. The number of aromatic nitrogens is 3. The predicted octanol–water partition coefficient (Wildman–Crippen LogP) is 3.39. The summed E-state index contributed by atoms with van der Waals surface area (Å²) in [5.41, 5.74) is 0.628. The number of nitrogens with zero attached hydrogens (tertiary/aromatic N) is 2. The van der Waals surface area contributed by atoms with Crippen molar-refractivity contribution in [2.24, 2.45) is 0 Å². The standard InChI is InChI=1S/C18H24N4O2S/c1-13-20-21-18(25)22(13)12-11-19-17(23)14-7-9-16(10-8-14)24-15-5-3-2-4-6-15/h7-10,15H,2-6,11-12H2,1H3,(H,19,23)(H,21,25). The molecule has 6 nitrogen and oxygen atoms in total. The number of hydrogen-bond acceptors (Lipinski definition) is 4. The van der Waals surface area contributed by atoms with Crippen molar-refractivity contribution >= 4 is 18.1 Å². The van der Waals surface area contributed by atoms with Gasteiger partial charge >= 0.3 is 0 Å². The SMILES string of the molecule is Cc1n[nH]c(=S)n1CCNC(=O)c1ccc(OC2CCCCC2)cc1. The number of ether oxygens (including phenoxy) is 1. The molecular formula is C18H24N4O2S. The Labute approximate surface area is 152 Å². The molecule has 1 aromatic carbocycles. The lowest BCUT2D eigenvalue weighted by Crippen LogP contribution is -2.27. The molecule has 0 spiro atoms. The van der Waals surface area contributed by atoms with Crippen LogP contribution < -0.4 is 10.1 Å². The Morgan fingerprint density at radius 1 is 1.32 bits per heavy atom. The molecule has 0 radical (unpaired) electrons. The summed E-state index contributed by atoms with van der Waals surface area (Å²) in [6.07, 6.45) is 6.35. The van der Waals surface area contributed by atoms with Crippen molar-refractivity contribution in [3.63, 3.8) is 0 Å². The smallest absolute Gasteiger partial charge is 0.251 e. The molecule has 25 heavy (non-hydrogen) atoms. The van der Waals surface area contributed by atoms with Crippen LogP contribution in [0.1, 0.15) is 48.3 Å². The molecule has 1 aliphatic carbocycles. The zero-order valence-corrected chi connectivity index (χ0v) is 15.3. The van der Waals surface area contributed by atoms with E-state index in [0.717, 1.165) is 24.4 Å². The van der Waals surface area contributed by atoms with Crippen molar-refractivity contribution in [2.45, 2.75) is 51.7 Å². The number of benzene rings is 1. The van der Waals surface area contributed by atoms with Crippen molar-refractivity contribution in [1.82, 2.24) is 20.1 Å². The molecule has 1 amide bonds. The average Bonchev–Trinajstić information content (AvgIpc) is 2.95. The highest BCUT2D eigenvalue weighted by Crippen LogP contribution is 2.23. The summed E-state index contributed by atoms with van der Waals surface area (Å²) < 4.78 is 8.41. The van der Waals surface area contributed by atoms with E-state index in [4.69, 9.17) is 17.0 Å². The van der Waals surface area contributed by atoms with Crippen LogP contribution >= 0.6 is 12.2 Å². The lowest BCUT2D eigenvalue weighted by molar-refractivity contribution is 0.0952. The molecular weight excluding hydrogens is 336 g/mol. The van der Waals surface area contributed by atoms with E-state index in [1.54, 1.807) is 0 Å². The van der Waals surface area contributed by atoms with Crippen molar-refractivity contribution < 1.29 is 9.53 Å². The first-order valence-corrected chi connectivity index (χ1v) is 9.21. The Morgan fingerprint density at radius 3 is 2.68 bits per heavy atom. The van der Waals surface area contributed by atoms with E-state index in [2.05, 4.69) is 15.5 Å². The Morgan fingerprint density at radius 2 is 2.04 bits per heavy atom. The largest absolute Gasteiger partial charge is 0.490 e. The highest BCUT2D eigenvalue weighted by atomic mass is 32.1. The zero-order chi connectivity index (χ0) is 17.6. The minimum absolute atomic E-state index is 0.100. The Bertz CT molecular complexity index is 760. The number of rotatable bonds is 6. The first-order valence-electron chi connectivity index (χ1n) is 8.80. The maximum atomic E-state index is 12.2. The maximum absolute atomic E-state index is 12.2. The second-order valence-electron chi connectivity index (χ2n) is 6.39. The van der Waals surface area contributed by atoms with Crippen molar-refractivity contribution in [3.05, 3.63) is 40.4 Å². The van der Waals surface area contributed by atoms with Gasteiger partial charge in [-0.1, -0.05) is 6.42 Å². The average molecular weight is 360 g/mol. The minimum atomic E-state index is -0.100. The lowest BCUT2D eigenvalue weighted by atomic mass is 9.98. The van der Waals surface area contributed by atoms with Crippen LogP contribution in [-0.2, 0) is 6.54 Å². The molecule has 2 aromatic rings. The zero-order valence-electron chi connectivity index (χ0n) is 14.5. The fourth-order valence-electron chi connectivity index (χ4n) is 3.10. The maximum Gasteiger partial charge on any atom is 0.251 e. The number of aromatic amines is 1. The van der Waals surface area contributed by atoms with Gasteiger partial charge < -0.3 is 14.6 Å². The Balaban J connectivity index is 1.49. The molecule has 1 heterocycles. The van der Waals surface area contributed by atoms with Crippen LogP contribution in [0.5, 0.6) is 5.75 Å². The summed E-state index contributed by atoms with van der Waals surface area (Å²) in [6.45, 7) is 2.96. The first-order chi connectivity index (χ1) is 12.1. The summed E-state index contributed by atoms with van der Waals surface area (Å²) in [5.74, 6) is 1.55. The van der Waals surface area contributed by atoms with Crippen LogP contribution in [0.2, 0.25) is 0 Å². The van der Waals surface area contributed by atoms with Crippen LogP contribution in [0.15, 0.2) is 24.3 Å². The van der Waals surface area contributed by atoms with Gasteiger partial charge in [-0.25, -0.2) is 0 Å². The van der Waals surface area contributed by atoms with Gasteiger partial charge in [0, 0.05) is 18.7 Å². The number of carbonyl (C=O) groups is 1. The van der Waals surface area contributed by atoms with E-state index in [1.165, 1.54) is 19.3 Å². The van der Waals surface area contributed by atoms with Gasteiger partial charge in [0.15, 0.2) is 4.77 Å². The Hall–Kier alpha value is -2.15. The summed E-state index contributed by atoms with van der Waals surface area (Å²) in [6, 6.07) is 7.37. The second kappa shape index (κ2) is 8.29. The third-order valence-corrected chi connectivity index (χ3v) is 4.85. The summed E-state index contributed by atoms with van der Waals surface area (Å²) in [5, 5.41) is 9.69. The molecule has 7 heteroatoms. The van der Waals surface area contributed by atoms with E-state index >= 15 is 0 Å². The fraction of sp³-hybridized carbons (Fsp3) is 0.500. The van der Waals surface area contributed by atoms with E-state index < -0.39 is 0 Å². The molecule has 3 rings (SSSR count). The monoisotopic (exact) mass is 360 g/mol. The van der Waals surface area contributed by atoms with Crippen molar-refractivity contribution in [1.29, 1.82) is 0 Å². The minimum Gasteiger partial charge on any atom is -0.490 e. The van der Waals surface area contributed by atoms with E-state index in [9.17, 15) is 4.79 Å². The van der Waals surface area contributed by atoms with Crippen molar-refractivity contribution in [2.75, 3.05) is 6.54 Å². The van der Waals surface area contributed by atoms with Crippen LogP contribution in [0, 0.1) is 11.7 Å². The normalized spacial score (nSPS) is 15.1. The topological polar surface area (TPSA) is 71.9 Å². The molecule has 1 saturated carbocycles. The third kappa shape index (κ3) is 4.69. The molecule has 0 unspecified atom stereocenters. The van der Waals surface area contributed by atoms with E-state index in [0.29, 0.717) is 29.5 Å². The molecule has 134 valence electrons. The van der Waals surface area contributed by atoms with Crippen LogP contribution in [0.25, 0.3) is 0 Å². The number of carbonyl (C=O) groups excluding carboxylic acids is 1. The first kappa shape index (κ1) is 17.7. The molecule has 0 saturated heterocycles. The van der Waals surface area contributed by atoms with Gasteiger partial charge in [0.2, 0.25) is 0 Å². The highest BCUT2D eigenvalue weighted by molar-refractivity contribution is 7.71. The van der Waals surface area contributed by atoms with Gasteiger partial charge in [-0.3, -0.25) is 9.89 Å². The highest BCUT2D eigenvalue weighted by Gasteiger charge is 2.15. The van der Waals surface area contributed by atoms with E-state index in [1.807, 2.05) is 35.8 Å². The second-order valence-corrected chi connectivity index (χ2v) is 6.77. The molecule has 0 aliphatic heterocycles. The van der Waals surface area contributed by atoms with Gasteiger partial charge in [-0.05, 0) is 69.1 Å². The number of nitrogens with one attached hydrogen (secondary N) is 2. The molecule has 2 N–H and O–H groups in total.